The van der Waals surface area contributed by atoms with E-state index in [-0.39, 0.29) is 5.56 Å². The van der Waals surface area contributed by atoms with E-state index in [1.165, 1.54) is 12.1 Å². The van der Waals surface area contributed by atoms with Gasteiger partial charge in [-0.2, -0.15) is 0 Å². The van der Waals surface area contributed by atoms with Gasteiger partial charge in [-0.3, -0.25) is 0 Å². The van der Waals surface area contributed by atoms with Gasteiger partial charge in [0.2, 0.25) is 0 Å². The average molecular weight is 344 g/mol. The smallest absolute Gasteiger partial charge is 0.169 e. The highest BCUT2D eigenvalue weighted by atomic mass is 79.9. The summed E-state index contributed by atoms with van der Waals surface area (Å²) in [5.41, 5.74) is 0.546. The van der Waals surface area contributed by atoms with Crippen molar-refractivity contribution in [1.29, 1.82) is 0 Å². The first-order chi connectivity index (χ1) is 9.52. The zero-order valence-corrected chi connectivity index (χ0v) is 12.9. The van der Waals surface area contributed by atoms with Gasteiger partial charge in [0.25, 0.3) is 0 Å². The maximum atomic E-state index is 14.1. The van der Waals surface area contributed by atoms with Crippen LogP contribution in [0.15, 0.2) is 33.4 Å². The molecule has 1 atom stereocenters. The third kappa shape index (κ3) is 3.27. The van der Waals surface area contributed by atoms with Crippen LogP contribution in [0.2, 0.25) is 0 Å². The molecule has 1 aromatic carbocycles. The molecule has 1 N–H and O–H groups in total. The van der Waals surface area contributed by atoms with Gasteiger partial charge in [0, 0.05) is 5.56 Å². The molecule has 2 nitrogen and oxygen atoms in total. The lowest BCUT2D eigenvalue weighted by molar-refractivity contribution is 0.422. The van der Waals surface area contributed by atoms with Gasteiger partial charge in [0.15, 0.2) is 4.67 Å². The van der Waals surface area contributed by atoms with Crippen molar-refractivity contribution in [3.05, 3.63) is 57.5 Å². The summed E-state index contributed by atoms with van der Waals surface area (Å²) in [6.45, 7) is 4.23. The van der Waals surface area contributed by atoms with Crippen molar-refractivity contribution in [2.45, 2.75) is 26.3 Å². The molecule has 2 rings (SSSR count). The van der Waals surface area contributed by atoms with Crippen LogP contribution in [-0.4, -0.2) is 6.54 Å². The molecule has 2 aromatic rings. The molecule has 0 aliphatic heterocycles. The highest BCUT2D eigenvalue weighted by Gasteiger charge is 2.22. The fourth-order valence-corrected chi connectivity index (χ4v) is 2.34. The molecular weight excluding hydrogens is 328 g/mol. The lowest BCUT2D eigenvalue weighted by atomic mass is 10.0. The van der Waals surface area contributed by atoms with Gasteiger partial charge >= 0.3 is 0 Å². The van der Waals surface area contributed by atoms with Crippen LogP contribution in [0.1, 0.15) is 36.3 Å². The zero-order chi connectivity index (χ0) is 14.7. The first kappa shape index (κ1) is 15.2. The SMILES string of the molecule is CCCNC(c1ccc(Br)o1)c1cc(F)c(C)cc1F. The van der Waals surface area contributed by atoms with E-state index in [0.29, 0.717) is 22.5 Å². The summed E-state index contributed by atoms with van der Waals surface area (Å²) >= 11 is 3.22. The van der Waals surface area contributed by atoms with E-state index in [0.717, 1.165) is 6.42 Å². The molecule has 1 aromatic heterocycles. The number of halogens is 3. The van der Waals surface area contributed by atoms with E-state index in [1.54, 1.807) is 19.1 Å². The largest absolute Gasteiger partial charge is 0.452 e. The van der Waals surface area contributed by atoms with Gasteiger partial charge < -0.3 is 9.73 Å². The molecule has 0 saturated carbocycles. The summed E-state index contributed by atoms with van der Waals surface area (Å²) in [7, 11) is 0. The second kappa shape index (κ2) is 6.50. The standard InChI is InChI=1S/C15H16BrF2NO/c1-3-6-19-15(13-4-5-14(16)20-13)10-8-11(17)9(2)7-12(10)18/h4-5,7-8,15,19H,3,6H2,1-2H3. The Morgan fingerprint density at radius 2 is 2.00 bits per heavy atom. The zero-order valence-electron chi connectivity index (χ0n) is 11.3. The number of benzene rings is 1. The third-order valence-electron chi connectivity index (χ3n) is 3.07. The van der Waals surface area contributed by atoms with Crippen molar-refractivity contribution in [2.75, 3.05) is 6.54 Å². The number of aryl methyl sites for hydroxylation is 1. The summed E-state index contributed by atoms with van der Waals surface area (Å²) in [6.07, 6.45) is 0.883. The van der Waals surface area contributed by atoms with Crippen LogP contribution >= 0.6 is 15.9 Å². The highest BCUT2D eigenvalue weighted by molar-refractivity contribution is 9.10. The van der Waals surface area contributed by atoms with Crippen LogP contribution in [0.4, 0.5) is 8.78 Å². The molecule has 0 fully saturated rings. The fourth-order valence-electron chi connectivity index (χ4n) is 2.02. The van der Waals surface area contributed by atoms with E-state index in [9.17, 15) is 8.78 Å². The minimum absolute atomic E-state index is 0.253. The van der Waals surface area contributed by atoms with Gasteiger partial charge in [-0.1, -0.05) is 6.92 Å². The maximum absolute atomic E-state index is 14.1. The van der Waals surface area contributed by atoms with Gasteiger partial charge in [0.1, 0.15) is 17.4 Å². The molecule has 0 aliphatic carbocycles. The molecule has 5 heteroatoms. The number of nitrogens with one attached hydrogen (secondary N) is 1. The first-order valence-electron chi connectivity index (χ1n) is 6.47. The Kier molecular flexibility index (Phi) is 4.94. The van der Waals surface area contributed by atoms with Crippen LogP contribution in [0.5, 0.6) is 0 Å². The van der Waals surface area contributed by atoms with Crippen molar-refractivity contribution in [1.82, 2.24) is 5.32 Å². The molecule has 20 heavy (non-hydrogen) atoms. The fraction of sp³-hybridized carbons (Fsp3) is 0.333. The minimum atomic E-state index is -0.503. The Labute approximate surface area is 125 Å². The predicted molar refractivity (Wildman–Crippen MR) is 77.6 cm³/mol. The monoisotopic (exact) mass is 343 g/mol. The molecule has 1 unspecified atom stereocenters. The lowest BCUT2D eigenvalue weighted by Gasteiger charge is -2.18. The third-order valence-corrected chi connectivity index (χ3v) is 3.49. The van der Waals surface area contributed by atoms with E-state index in [4.69, 9.17) is 4.42 Å². The molecule has 0 spiro atoms. The molecular formula is C15H16BrF2NO. The molecule has 0 radical (unpaired) electrons. The second-order valence-electron chi connectivity index (χ2n) is 4.65. The van der Waals surface area contributed by atoms with Crippen LogP contribution in [0.25, 0.3) is 0 Å². The van der Waals surface area contributed by atoms with E-state index in [2.05, 4.69) is 21.2 Å². The quantitative estimate of drug-likeness (QED) is 0.849. The Bertz CT molecular complexity index is 598. The molecule has 1 heterocycles. The van der Waals surface area contributed by atoms with E-state index < -0.39 is 17.7 Å². The normalized spacial score (nSPS) is 12.7. The lowest BCUT2D eigenvalue weighted by Crippen LogP contribution is -2.24. The predicted octanol–water partition coefficient (Wildman–Crippen LogP) is 4.72. The Morgan fingerprint density at radius 1 is 1.25 bits per heavy atom. The van der Waals surface area contributed by atoms with Gasteiger partial charge in [-0.15, -0.1) is 0 Å². The van der Waals surface area contributed by atoms with Crippen LogP contribution < -0.4 is 5.32 Å². The topological polar surface area (TPSA) is 25.2 Å². The highest BCUT2D eigenvalue weighted by Crippen LogP contribution is 2.29. The first-order valence-corrected chi connectivity index (χ1v) is 7.26. The van der Waals surface area contributed by atoms with E-state index in [1.807, 2.05) is 6.92 Å². The van der Waals surface area contributed by atoms with Gasteiger partial charge in [-0.05, 0) is 65.6 Å². The molecule has 0 saturated heterocycles. The van der Waals surface area contributed by atoms with Crippen molar-refractivity contribution < 1.29 is 13.2 Å². The number of furan rings is 1. The number of hydrogen-bond donors (Lipinski definition) is 1. The van der Waals surface area contributed by atoms with E-state index >= 15 is 0 Å². The summed E-state index contributed by atoms with van der Waals surface area (Å²) in [5, 5.41) is 3.18. The van der Waals surface area contributed by atoms with Crippen LogP contribution in [0.3, 0.4) is 0 Å². The average Bonchev–Trinajstić information content (AvgIpc) is 2.82. The van der Waals surface area contributed by atoms with Gasteiger partial charge in [-0.25, -0.2) is 8.78 Å². The molecule has 108 valence electrons. The molecule has 0 amide bonds. The van der Waals surface area contributed by atoms with Crippen molar-refractivity contribution in [2.24, 2.45) is 0 Å². The molecule has 0 aliphatic rings. The summed E-state index contributed by atoms with van der Waals surface area (Å²) in [4.78, 5) is 0. The van der Waals surface area contributed by atoms with Crippen molar-refractivity contribution >= 4 is 15.9 Å². The van der Waals surface area contributed by atoms with Crippen LogP contribution in [-0.2, 0) is 0 Å². The Hall–Kier alpha value is -1.20. The Balaban J connectivity index is 2.43. The number of hydrogen-bond acceptors (Lipinski definition) is 2. The number of rotatable bonds is 5. The molecule has 0 bridgehead atoms. The Morgan fingerprint density at radius 3 is 2.60 bits per heavy atom. The summed E-state index contributed by atoms with van der Waals surface area (Å²) in [5.74, 6) is -0.312. The van der Waals surface area contributed by atoms with Crippen LogP contribution in [0, 0.1) is 18.6 Å². The van der Waals surface area contributed by atoms with Gasteiger partial charge in [0.05, 0.1) is 6.04 Å². The van der Waals surface area contributed by atoms with Crippen molar-refractivity contribution in [3.8, 4) is 0 Å². The maximum Gasteiger partial charge on any atom is 0.169 e. The minimum Gasteiger partial charge on any atom is -0.452 e. The second-order valence-corrected chi connectivity index (χ2v) is 5.43. The summed E-state index contributed by atoms with van der Waals surface area (Å²) in [6, 6.07) is 5.42. The summed E-state index contributed by atoms with van der Waals surface area (Å²) < 4.78 is 33.9. The van der Waals surface area contributed by atoms with Crippen molar-refractivity contribution in [3.63, 3.8) is 0 Å².